The third kappa shape index (κ3) is 4.77. The number of hydrogen-bond donors (Lipinski definition) is 0. The van der Waals surface area contributed by atoms with E-state index in [1.807, 2.05) is 32.0 Å². The molecular formula is C22H26N2O6S. The summed E-state index contributed by atoms with van der Waals surface area (Å²) in [6.07, 6.45) is 0. The zero-order valence-corrected chi connectivity index (χ0v) is 18.5. The SMILES string of the molecule is Cc1cc(C)cc(OCC(=O)N2CCN(S(=O)(=O)c3ccc4c(c3)OCCO4)CC2)c1. The topological polar surface area (TPSA) is 85.4 Å². The van der Waals surface area contributed by atoms with Gasteiger partial charge in [-0.2, -0.15) is 4.31 Å². The highest BCUT2D eigenvalue weighted by Crippen LogP contribution is 2.33. The molecule has 0 unspecified atom stereocenters. The summed E-state index contributed by atoms with van der Waals surface area (Å²) in [5.74, 6) is 1.48. The van der Waals surface area contributed by atoms with Gasteiger partial charge in [0.15, 0.2) is 18.1 Å². The quantitative estimate of drug-likeness (QED) is 0.698. The molecule has 2 aliphatic heterocycles. The van der Waals surface area contributed by atoms with Gasteiger partial charge in [0.1, 0.15) is 19.0 Å². The first kappa shape index (κ1) is 21.5. The molecule has 2 aromatic rings. The highest BCUT2D eigenvalue weighted by Gasteiger charge is 2.31. The number of aryl methyl sites for hydroxylation is 2. The summed E-state index contributed by atoms with van der Waals surface area (Å²) in [5.41, 5.74) is 2.14. The fraction of sp³-hybridized carbons (Fsp3) is 0.409. The lowest BCUT2D eigenvalue weighted by Crippen LogP contribution is -2.51. The molecule has 1 saturated heterocycles. The molecule has 0 bridgehead atoms. The van der Waals surface area contributed by atoms with Crippen LogP contribution in [0, 0.1) is 13.8 Å². The van der Waals surface area contributed by atoms with Gasteiger partial charge in [-0.25, -0.2) is 8.42 Å². The normalized spacial score (nSPS) is 16.8. The summed E-state index contributed by atoms with van der Waals surface area (Å²) in [4.78, 5) is 14.3. The van der Waals surface area contributed by atoms with E-state index in [1.165, 1.54) is 16.4 Å². The largest absolute Gasteiger partial charge is 0.486 e. The van der Waals surface area contributed by atoms with E-state index in [9.17, 15) is 13.2 Å². The third-order valence-electron chi connectivity index (χ3n) is 5.30. The number of hydrogen-bond acceptors (Lipinski definition) is 6. The van der Waals surface area contributed by atoms with Crippen LogP contribution in [0.5, 0.6) is 17.2 Å². The van der Waals surface area contributed by atoms with E-state index < -0.39 is 10.0 Å². The van der Waals surface area contributed by atoms with Gasteiger partial charge in [0.2, 0.25) is 10.0 Å². The minimum absolute atomic E-state index is 0.0716. The molecule has 0 spiro atoms. The Hall–Kier alpha value is -2.78. The van der Waals surface area contributed by atoms with Crippen molar-refractivity contribution < 1.29 is 27.4 Å². The highest BCUT2D eigenvalue weighted by atomic mass is 32.2. The zero-order valence-electron chi connectivity index (χ0n) is 17.7. The zero-order chi connectivity index (χ0) is 22.0. The lowest BCUT2D eigenvalue weighted by Gasteiger charge is -2.34. The molecule has 0 N–H and O–H groups in total. The van der Waals surface area contributed by atoms with E-state index >= 15 is 0 Å². The minimum atomic E-state index is -3.68. The number of rotatable bonds is 5. The molecule has 0 atom stereocenters. The molecule has 2 aliphatic rings. The number of amides is 1. The van der Waals surface area contributed by atoms with Gasteiger partial charge in [-0.05, 0) is 49.2 Å². The van der Waals surface area contributed by atoms with Crippen LogP contribution in [-0.2, 0) is 14.8 Å². The minimum Gasteiger partial charge on any atom is -0.486 e. The fourth-order valence-electron chi connectivity index (χ4n) is 3.76. The van der Waals surface area contributed by atoms with Gasteiger partial charge in [0.25, 0.3) is 5.91 Å². The molecule has 1 fully saturated rings. The lowest BCUT2D eigenvalue weighted by atomic mass is 10.1. The van der Waals surface area contributed by atoms with Crippen molar-refractivity contribution in [3.8, 4) is 17.2 Å². The first-order valence-electron chi connectivity index (χ1n) is 10.2. The van der Waals surface area contributed by atoms with Crippen molar-refractivity contribution in [3.63, 3.8) is 0 Å². The van der Waals surface area contributed by atoms with Crippen LogP contribution >= 0.6 is 0 Å². The Morgan fingerprint density at radius 2 is 1.58 bits per heavy atom. The maximum absolute atomic E-state index is 13.0. The third-order valence-corrected chi connectivity index (χ3v) is 7.19. The van der Waals surface area contributed by atoms with Crippen LogP contribution in [0.25, 0.3) is 0 Å². The molecule has 4 rings (SSSR count). The molecule has 0 radical (unpaired) electrons. The first-order chi connectivity index (χ1) is 14.8. The van der Waals surface area contributed by atoms with E-state index in [0.29, 0.717) is 43.6 Å². The van der Waals surface area contributed by atoms with E-state index in [0.717, 1.165) is 11.1 Å². The Kier molecular flexibility index (Phi) is 6.06. The summed E-state index contributed by atoms with van der Waals surface area (Å²) in [5, 5.41) is 0. The van der Waals surface area contributed by atoms with E-state index in [-0.39, 0.29) is 30.5 Å². The van der Waals surface area contributed by atoms with Gasteiger partial charge in [0.05, 0.1) is 4.90 Å². The molecule has 8 nitrogen and oxygen atoms in total. The molecule has 0 aromatic heterocycles. The highest BCUT2D eigenvalue weighted by molar-refractivity contribution is 7.89. The van der Waals surface area contributed by atoms with Crippen LogP contribution in [0.2, 0.25) is 0 Å². The molecule has 166 valence electrons. The molecule has 9 heteroatoms. The Morgan fingerprint density at radius 3 is 2.26 bits per heavy atom. The van der Waals surface area contributed by atoms with Crippen LogP contribution in [0.3, 0.4) is 0 Å². The second-order valence-corrected chi connectivity index (χ2v) is 9.64. The summed E-state index contributed by atoms with van der Waals surface area (Å²) >= 11 is 0. The Bertz CT molecular complexity index is 1060. The van der Waals surface area contributed by atoms with Crippen molar-refractivity contribution in [2.45, 2.75) is 18.7 Å². The smallest absolute Gasteiger partial charge is 0.260 e. The number of carbonyl (C=O) groups is 1. The van der Waals surface area contributed by atoms with Gasteiger partial charge in [-0.3, -0.25) is 4.79 Å². The molecule has 0 aliphatic carbocycles. The van der Waals surface area contributed by atoms with Crippen LogP contribution < -0.4 is 14.2 Å². The predicted octanol–water partition coefficient (Wildman–Crippen LogP) is 1.99. The summed E-state index contributed by atoms with van der Waals surface area (Å²) < 4.78 is 44.1. The standard InChI is InChI=1S/C22H26N2O6S/c1-16-11-17(2)13-18(12-16)30-15-22(25)23-5-7-24(8-6-23)31(26,27)19-3-4-20-21(14-19)29-10-9-28-20/h3-4,11-14H,5-10,15H2,1-2H3. The second-order valence-electron chi connectivity index (χ2n) is 7.70. The monoisotopic (exact) mass is 446 g/mol. The molecule has 2 aromatic carbocycles. The Labute approximate surface area is 182 Å². The molecule has 0 saturated carbocycles. The van der Waals surface area contributed by atoms with Crippen molar-refractivity contribution in [1.82, 2.24) is 9.21 Å². The Balaban J connectivity index is 1.35. The average Bonchev–Trinajstić information content (AvgIpc) is 2.76. The summed E-state index contributed by atoms with van der Waals surface area (Å²) in [7, 11) is -3.68. The number of fused-ring (bicyclic) bond motifs is 1. The number of ether oxygens (including phenoxy) is 3. The molecule has 31 heavy (non-hydrogen) atoms. The van der Waals surface area contributed by atoms with Gasteiger partial charge in [-0.1, -0.05) is 6.07 Å². The van der Waals surface area contributed by atoms with E-state index in [4.69, 9.17) is 14.2 Å². The summed E-state index contributed by atoms with van der Waals surface area (Å²) in [6.45, 7) is 5.81. The van der Waals surface area contributed by atoms with Crippen LogP contribution in [-0.4, -0.2) is 69.5 Å². The van der Waals surface area contributed by atoms with Crippen molar-refractivity contribution in [2.75, 3.05) is 46.0 Å². The molecule has 2 heterocycles. The van der Waals surface area contributed by atoms with Crippen LogP contribution in [0.1, 0.15) is 11.1 Å². The van der Waals surface area contributed by atoms with Gasteiger partial charge < -0.3 is 19.1 Å². The second kappa shape index (κ2) is 8.76. The maximum atomic E-state index is 13.0. The molecule has 1 amide bonds. The van der Waals surface area contributed by atoms with Gasteiger partial charge >= 0.3 is 0 Å². The number of sulfonamides is 1. The number of carbonyl (C=O) groups excluding carboxylic acids is 1. The van der Waals surface area contributed by atoms with E-state index in [1.54, 1.807) is 11.0 Å². The Morgan fingerprint density at radius 1 is 0.935 bits per heavy atom. The summed E-state index contributed by atoms with van der Waals surface area (Å²) in [6, 6.07) is 10.5. The predicted molar refractivity (Wildman–Crippen MR) is 114 cm³/mol. The van der Waals surface area contributed by atoms with Crippen LogP contribution in [0.4, 0.5) is 0 Å². The number of piperazine rings is 1. The number of benzene rings is 2. The first-order valence-corrected chi connectivity index (χ1v) is 11.7. The van der Waals surface area contributed by atoms with Crippen molar-refractivity contribution in [1.29, 1.82) is 0 Å². The lowest BCUT2D eigenvalue weighted by molar-refractivity contribution is -0.134. The van der Waals surface area contributed by atoms with E-state index in [2.05, 4.69) is 0 Å². The van der Waals surface area contributed by atoms with Crippen LogP contribution in [0.15, 0.2) is 41.3 Å². The fourth-order valence-corrected chi connectivity index (χ4v) is 5.20. The average molecular weight is 447 g/mol. The maximum Gasteiger partial charge on any atom is 0.260 e. The van der Waals surface area contributed by atoms with Gasteiger partial charge in [0, 0.05) is 32.2 Å². The number of nitrogens with zero attached hydrogens (tertiary/aromatic N) is 2. The molecular weight excluding hydrogens is 420 g/mol. The van der Waals surface area contributed by atoms with Crippen molar-refractivity contribution >= 4 is 15.9 Å². The van der Waals surface area contributed by atoms with Gasteiger partial charge in [-0.15, -0.1) is 0 Å². The van der Waals surface area contributed by atoms with Crippen molar-refractivity contribution in [2.24, 2.45) is 0 Å². The van der Waals surface area contributed by atoms with Crippen molar-refractivity contribution in [3.05, 3.63) is 47.5 Å².